The lowest BCUT2D eigenvalue weighted by Crippen LogP contribution is -2.43. The van der Waals surface area contributed by atoms with Gasteiger partial charge in [-0.3, -0.25) is 14.6 Å². The largest absolute Gasteiger partial charge is 0.338 e. The molecule has 2 saturated heterocycles. The summed E-state index contributed by atoms with van der Waals surface area (Å²) in [6.07, 6.45) is 9.69. The number of aromatic nitrogens is 1. The van der Waals surface area contributed by atoms with Crippen LogP contribution in [0.15, 0.2) is 18.5 Å². The van der Waals surface area contributed by atoms with E-state index < -0.39 is 0 Å². The van der Waals surface area contributed by atoms with E-state index in [1.165, 1.54) is 12.8 Å². The number of carbonyl (C=O) groups excluding carboxylic acids is 2. The highest BCUT2D eigenvalue weighted by Gasteiger charge is 2.28. The molecule has 2 aliphatic heterocycles. The maximum absolute atomic E-state index is 12.9. The molecule has 0 bridgehead atoms. The van der Waals surface area contributed by atoms with Crippen molar-refractivity contribution in [2.24, 2.45) is 5.92 Å². The van der Waals surface area contributed by atoms with Crippen molar-refractivity contribution < 1.29 is 9.59 Å². The SMILES string of the molecule is CCC1CCCCN1C(=O)c1cncc(C(=O)N2CCCC(C)C2)c1. The van der Waals surface area contributed by atoms with Gasteiger partial charge < -0.3 is 9.80 Å². The number of nitrogens with zero attached hydrogens (tertiary/aromatic N) is 3. The van der Waals surface area contributed by atoms with E-state index >= 15 is 0 Å². The van der Waals surface area contributed by atoms with Crippen LogP contribution in [-0.4, -0.2) is 52.3 Å². The smallest absolute Gasteiger partial charge is 0.255 e. The van der Waals surface area contributed by atoms with Crippen molar-refractivity contribution in [2.75, 3.05) is 19.6 Å². The molecule has 1 aromatic rings. The van der Waals surface area contributed by atoms with E-state index in [9.17, 15) is 9.59 Å². The number of likely N-dealkylation sites (tertiary alicyclic amines) is 2. The van der Waals surface area contributed by atoms with Crippen LogP contribution in [0.25, 0.3) is 0 Å². The van der Waals surface area contributed by atoms with Gasteiger partial charge in [0.1, 0.15) is 0 Å². The first kappa shape index (κ1) is 17.9. The molecular formula is C20H29N3O2. The number of piperidine rings is 2. The van der Waals surface area contributed by atoms with Crippen molar-refractivity contribution in [2.45, 2.75) is 58.4 Å². The van der Waals surface area contributed by atoms with Crippen LogP contribution >= 0.6 is 0 Å². The summed E-state index contributed by atoms with van der Waals surface area (Å²) in [5, 5.41) is 0. The third-order valence-electron chi connectivity index (χ3n) is 5.54. The van der Waals surface area contributed by atoms with E-state index in [1.54, 1.807) is 18.5 Å². The average molecular weight is 343 g/mol. The number of amides is 2. The van der Waals surface area contributed by atoms with Gasteiger partial charge in [-0.05, 0) is 50.5 Å². The summed E-state index contributed by atoms with van der Waals surface area (Å²) in [7, 11) is 0. The maximum Gasteiger partial charge on any atom is 0.255 e. The Kier molecular flexibility index (Phi) is 5.71. The standard InChI is InChI=1S/C20H29N3O2/c1-3-18-8-4-5-10-23(18)20(25)17-11-16(12-21-13-17)19(24)22-9-6-7-15(2)14-22/h11-13,15,18H,3-10,14H2,1-2H3. The Hall–Kier alpha value is -1.91. The highest BCUT2D eigenvalue weighted by atomic mass is 16.2. The topological polar surface area (TPSA) is 53.5 Å². The van der Waals surface area contributed by atoms with Gasteiger partial charge in [0.2, 0.25) is 0 Å². The quantitative estimate of drug-likeness (QED) is 0.845. The highest BCUT2D eigenvalue weighted by molar-refractivity contribution is 5.99. The van der Waals surface area contributed by atoms with Crippen LogP contribution in [0.1, 0.15) is 73.1 Å². The first-order chi connectivity index (χ1) is 12.1. The number of carbonyl (C=O) groups is 2. The zero-order chi connectivity index (χ0) is 17.8. The molecule has 25 heavy (non-hydrogen) atoms. The summed E-state index contributed by atoms with van der Waals surface area (Å²) in [5.41, 5.74) is 1.07. The van der Waals surface area contributed by atoms with E-state index in [2.05, 4.69) is 18.8 Å². The third-order valence-corrected chi connectivity index (χ3v) is 5.54. The van der Waals surface area contributed by atoms with Gasteiger partial charge in [-0.25, -0.2) is 0 Å². The highest BCUT2D eigenvalue weighted by Crippen LogP contribution is 2.23. The predicted molar refractivity (Wildman–Crippen MR) is 97.5 cm³/mol. The first-order valence-corrected chi connectivity index (χ1v) is 9.65. The number of hydrogen-bond donors (Lipinski definition) is 0. The number of pyridine rings is 1. The summed E-state index contributed by atoms with van der Waals surface area (Å²) in [6.45, 7) is 6.70. The van der Waals surface area contributed by atoms with Crippen molar-refractivity contribution >= 4 is 11.8 Å². The zero-order valence-corrected chi connectivity index (χ0v) is 15.4. The van der Waals surface area contributed by atoms with Crippen molar-refractivity contribution in [3.05, 3.63) is 29.6 Å². The van der Waals surface area contributed by atoms with Crippen LogP contribution < -0.4 is 0 Å². The molecule has 0 N–H and O–H groups in total. The van der Waals surface area contributed by atoms with Crippen LogP contribution in [0.3, 0.4) is 0 Å². The zero-order valence-electron chi connectivity index (χ0n) is 15.4. The lowest BCUT2D eigenvalue weighted by atomic mass is 9.98. The normalized spacial score (nSPS) is 24.2. The molecule has 136 valence electrons. The van der Waals surface area contributed by atoms with E-state index in [-0.39, 0.29) is 11.8 Å². The molecule has 1 aromatic heterocycles. The van der Waals surface area contributed by atoms with Gasteiger partial charge in [0, 0.05) is 38.1 Å². The number of rotatable bonds is 3. The summed E-state index contributed by atoms with van der Waals surface area (Å²) >= 11 is 0. The second kappa shape index (κ2) is 7.98. The maximum atomic E-state index is 12.9. The van der Waals surface area contributed by atoms with Gasteiger partial charge in [0.05, 0.1) is 11.1 Å². The Morgan fingerprint density at radius 1 is 1.08 bits per heavy atom. The van der Waals surface area contributed by atoms with Crippen LogP contribution in [0.2, 0.25) is 0 Å². The lowest BCUT2D eigenvalue weighted by molar-refractivity contribution is 0.0607. The van der Waals surface area contributed by atoms with E-state index in [0.29, 0.717) is 23.1 Å². The Morgan fingerprint density at radius 3 is 2.56 bits per heavy atom. The fourth-order valence-corrected chi connectivity index (χ4v) is 4.09. The molecule has 3 rings (SSSR count). The third kappa shape index (κ3) is 4.02. The first-order valence-electron chi connectivity index (χ1n) is 9.65. The Labute approximate surface area is 150 Å². The lowest BCUT2D eigenvalue weighted by Gasteiger charge is -2.35. The fourth-order valence-electron chi connectivity index (χ4n) is 4.09. The van der Waals surface area contributed by atoms with Crippen LogP contribution in [-0.2, 0) is 0 Å². The van der Waals surface area contributed by atoms with Crippen LogP contribution in [0.5, 0.6) is 0 Å². The molecule has 0 spiro atoms. The average Bonchev–Trinajstić information content (AvgIpc) is 2.67. The van der Waals surface area contributed by atoms with Gasteiger partial charge in [-0.2, -0.15) is 0 Å². The molecule has 2 aliphatic rings. The molecule has 0 radical (unpaired) electrons. The van der Waals surface area contributed by atoms with Crippen LogP contribution in [0, 0.1) is 5.92 Å². The Balaban J connectivity index is 1.76. The summed E-state index contributed by atoms with van der Waals surface area (Å²) in [4.78, 5) is 33.8. The predicted octanol–water partition coefficient (Wildman–Crippen LogP) is 3.36. The fraction of sp³-hybridized carbons (Fsp3) is 0.650. The molecular weight excluding hydrogens is 314 g/mol. The Bertz CT molecular complexity index is 631. The second-order valence-electron chi connectivity index (χ2n) is 7.52. The molecule has 3 heterocycles. The summed E-state index contributed by atoms with van der Waals surface area (Å²) in [6, 6.07) is 2.04. The summed E-state index contributed by atoms with van der Waals surface area (Å²) in [5.74, 6) is 0.550. The Morgan fingerprint density at radius 2 is 1.84 bits per heavy atom. The van der Waals surface area contributed by atoms with E-state index in [0.717, 1.165) is 45.3 Å². The molecule has 0 aliphatic carbocycles. The van der Waals surface area contributed by atoms with Gasteiger partial charge in [0.15, 0.2) is 0 Å². The molecule has 0 saturated carbocycles. The van der Waals surface area contributed by atoms with Gasteiger partial charge in [-0.1, -0.05) is 13.8 Å². The minimum absolute atomic E-state index is 0.000569. The molecule has 5 nitrogen and oxygen atoms in total. The van der Waals surface area contributed by atoms with Crippen molar-refractivity contribution in [3.8, 4) is 0 Å². The molecule has 0 aromatic carbocycles. The van der Waals surface area contributed by atoms with Gasteiger partial charge >= 0.3 is 0 Å². The summed E-state index contributed by atoms with van der Waals surface area (Å²) < 4.78 is 0. The van der Waals surface area contributed by atoms with E-state index in [1.807, 2.05) is 9.80 Å². The van der Waals surface area contributed by atoms with Gasteiger partial charge in [0.25, 0.3) is 11.8 Å². The minimum atomic E-state index is -0.000569. The van der Waals surface area contributed by atoms with E-state index in [4.69, 9.17) is 0 Å². The van der Waals surface area contributed by atoms with Crippen LogP contribution in [0.4, 0.5) is 0 Å². The molecule has 2 amide bonds. The van der Waals surface area contributed by atoms with Crippen molar-refractivity contribution in [1.29, 1.82) is 0 Å². The van der Waals surface area contributed by atoms with Crippen molar-refractivity contribution in [1.82, 2.24) is 14.8 Å². The number of hydrogen-bond acceptors (Lipinski definition) is 3. The monoisotopic (exact) mass is 343 g/mol. The molecule has 2 fully saturated rings. The van der Waals surface area contributed by atoms with Gasteiger partial charge in [-0.15, -0.1) is 0 Å². The molecule has 2 atom stereocenters. The molecule has 2 unspecified atom stereocenters. The molecule has 5 heteroatoms. The van der Waals surface area contributed by atoms with Crippen molar-refractivity contribution in [3.63, 3.8) is 0 Å². The second-order valence-corrected chi connectivity index (χ2v) is 7.52. The minimum Gasteiger partial charge on any atom is -0.338 e.